The molecule has 0 aromatic heterocycles. The minimum atomic E-state index is -1.62. The van der Waals surface area contributed by atoms with E-state index < -0.39 is 24.3 Å². The Morgan fingerprint density at radius 2 is 0.655 bits per heavy atom. The fraction of sp³-hybridized carbons (Fsp3) is 0.859. The first kappa shape index (κ1) is 84.2. The zero-order chi connectivity index (χ0) is 63.3. The van der Waals surface area contributed by atoms with Gasteiger partial charge in [-0.25, -0.2) is 0 Å². The first-order valence-corrected chi connectivity index (χ1v) is 37.8. The maximum absolute atomic E-state index is 12.9. The van der Waals surface area contributed by atoms with Crippen LogP contribution in [0.4, 0.5) is 0 Å². The topological polar surface area (TPSA) is 111 Å². The molecule has 87 heavy (non-hydrogen) atoms. The summed E-state index contributed by atoms with van der Waals surface area (Å²) in [7, 11) is 5.95. The number of allylic oxidation sites excluding steroid dienone is 8. The molecule has 2 atom stereocenters. The van der Waals surface area contributed by atoms with Gasteiger partial charge in [0.15, 0.2) is 12.4 Å². The fourth-order valence-corrected chi connectivity index (χ4v) is 11.4. The number of hydrogen-bond donors (Lipinski definition) is 0. The zero-order valence-electron chi connectivity index (χ0n) is 58.4. The van der Waals surface area contributed by atoms with Crippen molar-refractivity contribution < 1.29 is 42.9 Å². The van der Waals surface area contributed by atoms with E-state index in [1.54, 1.807) is 0 Å². The third-order valence-corrected chi connectivity index (χ3v) is 17.1. The fourth-order valence-electron chi connectivity index (χ4n) is 11.4. The molecule has 0 saturated heterocycles. The van der Waals surface area contributed by atoms with E-state index >= 15 is 0 Å². The van der Waals surface area contributed by atoms with Crippen molar-refractivity contribution in [2.24, 2.45) is 0 Å². The van der Waals surface area contributed by atoms with Crippen molar-refractivity contribution in [2.45, 2.75) is 386 Å². The molecule has 0 N–H and O–H groups in total. The molecule has 0 aliphatic heterocycles. The Morgan fingerprint density at radius 1 is 0.356 bits per heavy atom. The van der Waals surface area contributed by atoms with E-state index in [1.807, 2.05) is 21.1 Å². The number of esters is 2. The summed E-state index contributed by atoms with van der Waals surface area (Å²) in [6.07, 6.45) is 86.6. The molecule has 9 nitrogen and oxygen atoms in total. The number of hydrogen-bond acceptors (Lipinski definition) is 8. The highest BCUT2D eigenvalue weighted by Crippen LogP contribution is 2.19. The predicted octanol–water partition coefficient (Wildman–Crippen LogP) is 22.4. The van der Waals surface area contributed by atoms with Gasteiger partial charge in [-0.1, -0.05) is 358 Å². The van der Waals surface area contributed by atoms with Gasteiger partial charge in [0, 0.05) is 12.8 Å². The molecular weight excluding hydrogens is 1080 g/mol. The number of rotatable bonds is 71. The van der Waals surface area contributed by atoms with E-state index in [4.69, 9.17) is 18.9 Å². The summed E-state index contributed by atoms with van der Waals surface area (Å²) in [6.45, 7) is 4.71. The summed E-state index contributed by atoms with van der Waals surface area (Å²) in [5.41, 5.74) is 0. The lowest BCUT2D eigenvalue weighted by molar-refractivity contribution is -0.870. The number of carbonyl (C=O) groups excluding carboxylic acids is 3. The normalized spacial score (nSPS) is 12.9. The Labute approximate surface area is 540 Å². The molecule has 0 heterocycles. The van der Waals surface area contributed by atoms with Crippen LogP contribution in [0.25, 0.3) is 0 Å². The average molecular weight is 1230 g/mol. The van der Waals surface area contributed by atoms with Gasteiger partial charge >= 0.3 is 11.9 Å². The van der Waals surface area contributed by atoms with E-state index in [-0.39, 0.29) is 32.2 Å². The Kier molecular flexibility index (Phi) is 67.0. The van der Waals surface area contributed by atoms with Crippen LogP contribution in [0.1, 0.15) is 373 Å². The number of likely N-dealkylation sites (N-methyl/N-ethyl adjacent to an activating group) is 1. The maximum Gasteiger partial charge on any atom is 0.306 e. The quantitative estimate of drug-likeness (QED) is 0.0195. The first-order valence-electron chi connectivity index (χ1n) is 37.8. The second-order valence-electron chi connectivity index (χ2n) is 26.9. The Morgan fingerprint density at radius 3 is 0.977 bits per heavy atom. The summed E-state index contributed by atoms with van der Waals surface area (Å²) >= 11 is 0. The van der Waals surface area contributed by atoms with Gasteiger partial charge in [-0.05, 0) is 51.4 Å². The van der Waals surface area contributed by atoms with Gasteiger partial charge in [0.2, 0.25) is 0 Å². The van der Waals surface area contributed by atoms with Crippen molar-refractivity contribution >= 4 is 17.9 Å². The highest BCUT2D eigenvalue weighted by molar-refractivity contribution is 5.70. The summed E-state index contributed by atoms with van der Waals surface area (Å²) in [5.74, 6) is -2.25. The van der Waals surface area contributed by atoms with Crippen LogP contribution in [0.5, 0.6) is 0 Å². The molecule has 0 fully saturated rings. The summed E-state index contributed by atoms with van der Waals surface area (Å²) in [6, 6.07) is 0. The monoisotopic (exact) mass is 1220 g/mol. The smallest absolute Gasteiger partial charge is 0.306 e. The minimum absolute atomic E-state index is 0.152. The molecule has 0 saturated carbocycles. The number of carboxylic acids is 1. The molecule has 0 aromatic rings. The Bertz CT molecular complexity index is 1570. The third-order valence-electron chi connectivity index (χ3n) is 17.1. The van der Waals surface area contributed by atoms with Crippen LogP contribution in [0, 0.1) is 0 Å². The molecule has 9 heteroatoms. The molecule has 0 aliphatic rings. The van der Waals surface area contributed by atoms with Gasteiger partial charge in [-0.3, -0.25) is 9.59 Å². The lowest BCUT2D eigenvalue weighted by Gasteiger charge is -2.26. The van der Waals surface area contributed by atoms with E-state index in [9.17, 15) is 19.5 Å². The Hall–Kier alpha value is -2.75. The third kappa shape index (κ3) is 70.6. The molecule has 0 rings (SSSR count). The molecule has 0 bridgehead atoms. The number of ether oxygens (including phenoxy) is 4. The van der Waals surface area contributed by atoms with Crippen molar-refractivity contribution in [3.05, 3.63) is 48.6 Å². The second-order valence-corrected chi connectivity index (χ2v) is 26.9. The summed E-state index contributed by atoms with van der Waals surface area (Å²) in [4.78, 5) is 37.5. The number of carbonyl (C=O) groups is 3. The van der Waals surface area contributed by atoms with Crippen LogP contribution in [0.15, 0.2) is 48.6 Å². The Balaban J connectivity index is 3.93. The van der Waals surface area contributed by atoms with Crippen LogP contribution >= 0.6 is 0 Å². The largest absolute Gasteiger partial charge is 0.545 e. The van der Waals surface area contributed by atoms with Crippen LogP contribution in [-0.4, -0.2) is 82.3 Å². The molecule has 0 aliphatic carbocycles. The lowest BCUT2D eigenvalue weighted by Crippen LogP contribution is -2.44. The first-order chi connectivity index (χ1) is 42.6. The number of aliphatic carboxylic acids is 1. The number of unbranched alkanes of at least 4 members (excludes halogenated alkanes) is 48. The molecule has 0 amide bonds. The molecule has 510 valence electrons. The molecule has 2 unspecified atom stereocenters. The van der Waals surface area contributed by atoms with Crippen molar-refractivity contribution in [1.82, 2.24) is 0 Å². The molecule has 0 spiro atoms. The van der Waals surface area contributed by atoms with E-state index in [2.05, 4.69) is 62.5 Å². The van der Waals surface area contributed by atoms with Gasteiger partial charge < -0.3 is 33.3 Å². The lowest BCUT2D eigenvalue weighted by atomic mass is 10.0. The zero-order valence-corrected chi connectivity index (χ0v) is 58.4. The maximum atomic E-state index is 12.9. The van der Waals surface area contributed by atoms with Crippen LogP contribution < -0.4 is 5.11 Å². The summed E-state index contributed by atoms with van der Waals surface area (Å²) < 4.78 is 22.8. The van der Waals surface area contributed by atoms with Crippen molar-refractivity contribution in [1.29, 1.82) is 0 Å². The van der Waals surface area contributed by atoms with E-state index in [0.717, 1.165) is 64.2 Å². The number of nitrogens with zero attached hydrogens (tertiary/aromatic N) is 1. The van der Waals surface area contributed by atoms with Gasteiger partial charge in [0.25, 0.3) is 0 Å². The van der Waals surface area contributed by atoms with E-state index in [0.29, 0.717) is 17.4 Å². The number of quaternary nitrogens is 1. The van der Waals surface area contributed by atoms with Gasteiger partial charge in [0.1, 0.15) is 13.2 Å². The van der Waals surface area contributed by atoms with Crippen molar-refractivity contribution in [2.75, 3.05) is 47.5 Å². The molecule has 0 aromatic carbocycles. The second kappa shape index (κ2) is 69.1. The van der Waals surface area contributed by atoms with E-state index in [1.165, 1.54) is 283 Å². The van der Waals surface area contributed by atoms with Crippen molar-refractivity contribution in [3.8, 4) is 0 Å². The highest BCUT2D eigenvalue weighted by atomic mass is 16.7. The van der Waals surface area contributed by atoms with Crippen LogP contribution in [0.2, 0.25) is 0 Å². The number of carboxylic acid groups (broad SMARTS) is 1. The standard InChI is InChI=1S/C78H145NO8/c1-6-8-10-12-14-16-18-20-22-24-26-28-29-30-31-32-33-34-35-36-37-38-39-40-41-42-43-44-45-46-47-49-51-53-55-57-59-61-63-65-67-69-76(81)87-74(73-86-78(77(82)83)84-71-70-79(3,4)5)72-85-75(80)68-66-64-62-60-58-56-54-52-50-48-27-25-23-21-19-17-15-13-11-9-7-2/h8,10,14,16,20,22,26,28,74,78H,6-7,9,11-13,15,17-19,21,23-25,27,29-73H2,1-5H3/b10-8-,16-14-,22-20-,28-26-. The molecule has 0 radical (unpaired) electrons. The molecular formula is C78H145NO8. The van der Waals surface area contributed by atoms with Crippen molar-refractivity contribution in [3.63, 3.8) is 0 Å². The highest BCUT2D eigenvalue weighted by Gasteiger charge is 2.22. The van der Waals surface area contributed by atoms with Gasteiger partial charge in [0.05, 0.1) is 40.3 Å². The van der Waals surface area contributed by atoms with Gasteiger partial charge in [-0.2, -0.15) is 0 Å². The minimum Gasteiger partial charge on any atom is -0.545 e. The van der Waals surface area contributed by atoms with Gasteiger partial charge in [-0.15, -0.1) is 0 Å². The summed E-state index contributed by atoms with van der Waals surface area (Å²) in [5, 5.41) is 11.8. The predicted molar refractivity (Wildman–Crippen MR) is 371 cm³/mol. The van der Waals surface area contributed by atoms with Crippen LogP contribution in [-0.2, 0) is 33.3 Å². The SMILES string of the molecule is CC/C=C\C/C=C\C/C=C\C/C=C\CCCCCCCCCCCCCCCCCCCCCCCCCCCCCCC(=O)OC(COC(=O)CCCCCCCCCCCCCCCCCCCCCCC)COC(OCC[N+](C)(C)C)C(=O)[O-]. The van der Waals surface area contributed by atoms with Crippen LogP contribution in [0.3, 0.4) is 0 Å². The average Bonchev–Trinajstić information content (AvgIpc) is 3.59.